The number of rotatable bonds is 5. The number of nitrogens with zero attached hydrogens (tertiary/aromatic N) is 6. The Bertz CT molecular complexity index is 1410. The number of methoxy groups -OCH3 is 1. The first-order valence-electron chi connectivity index (χ1n) is 11.2. The van der Waals surface area contributed by atoms with E-state index < -0.39 is 17.8 Å². The van der Waals surface area contributed by atoms with Crippen molar-refractivity contribution in [1.29, 1.82) is 0 Å². The molecule has 1 atom stereocenters. The van der Waals surface area contributed by atoms with Crippen LogP contribution in [0, 0.1) is 5.82 Å². The lowest BCUT2D eigenvalue weighted by atomic mass is 9.98. The number of ether oxygens (including phenoxy) is 2. The first kappa shape index (κ1) is 22.0. The molecule has 0 spiro atoms. The van der Waals surface area contributed by atoms with Crippen LogP contribution in [0.15, 0.2) is 36.8 Å². The second-order valence-electron chi connectivity index (χ2n) is 8.76. The molecule has 1 aromatic carbocycles. The molecule has 0 amide bonds. The summed E-state index contributed by atoms with van der Waals surface area (Å²) >= 11 is 0. The molecule has 0 bridgehead atoms. The number of alkyl halides is 2. The van der Waals surface area contributed by atoms with Gasteiger partial charge in [0.2, 0.25) is 11.8 Å². The molecule has 1 unspecified atom stereocenters. The van der Waals surface area contributed by atoms with Gasteiger partial charge in [-0.05, 0) is 24.1 Å². The maximum atomic E-state index is 15.1. The summed E-state index contributed by atoms with van der Waals surface area (Å²) in [7, 11) is 1.39. The van der Waals surface area contributed by atoms with Gasteiger partial charge in [0.05, 0.1) is 61.7 Å². The van der Waals surface area contributed by atoms with E-state index >= 15 is 4.39 Å². The van der Waals surface area contributed by atoms with E-state index in [0.717, 1.165) is 0 Å². The van der Waals surface area contributed by atoms with Gasteiger partial charge in [-0.25, -0.2) is 17.7 Å². The Labute approximate surface area is 197 Å². The van der Waals surface area contributed by atoms with E-state index in [2.05, 4.69) is 25.4 Å². The lowest BCUT2D eigenvalue weighted by Crippen LogP contribution is -2.61. The van der Waals surface area contributed by atoms with E-state index in [0.29, 0.717) is 36.4 Å². The Kier molecular flexibility index (Phi) is 5.22. The zero-order valence-corrected chi connectivity index (χ0v) is 18.8. The molecule has 0 radical (unpaired) electrons. The first-order valence-corrected chi connectivity index (χ1v) is 11.2. The van der Waals surface area contributed by atoms with Gasteiger partial charge in [0.15, 0.2) is 5.82 Å². The van der Waals surface area contributed by atoms with Crippen molar-refractivity contribution in [3.63, 3.8) is 0 Å². The molecular weight excluding hydrogens is 463 g/mol. The van der Waals surface area contributed by atoms with Crippen LogP contribution in [-0.2, 0) is 4.74 Å². The van der Waals surface area contributed by atoms with Gasteiger partial charge in [0.1, 0.15) is 5.52 Å². The van der Waals surface area contributed by atoms with Crippen molar-refractivity contribution in [3.05, 3.63) is 42.6 Å². The predicted molar refractivity (Wildman–Crippen MR) is 121 cm³/mol. The topological polar surface area (TPSA) is 89.7 Å². The maximum absolute atomic E-state index is 15.1. The maximum Gasteiger partial charge on any atom is 0.280 e. The number of likely N-dealkylation sites (tertiary alicyclic amines) is 1. The van der Waals surface area contributed by atoms with Crippen LogP contribution in [0.3, 0.4) is 0 Å². The lowest BCUT2D eigenvalue weighted by Gasteiger charge is -2.44. The average molecular weight is 485 g/mol. The number of benzene rings is 1. The van der Waals surface area contributed by atoms with E-state index in [1.54, 1.807) is 35.5 Å². The van der Waals surface area contributed by atoms with Crippen molar-refractivity contribution in [1.82, 2.24) is 29.5 Å². The number of fused-ring (bicyclic) bond motifs is 2. The number of piperidine rings is 1. The first-order chi connectivity index (χ1) is 16.9. The molecule has 0 aliphatic carbocycles. The van der Waals surface area contributed by atoms with Crippen LogP contribution in [0.4, 0.5) is 19.1 Å². The van der Waals surface area contributed by atoms with E-state index in [9.17, 15) is 8.78 Å². The third kappa shape index (κ3) is 3.82. The summed E-state index contributed by atoms with van der Waals surface area (Å²) in [5.74, 6) is -3.56. The van der Waals surface area contributed by atoms with Crippen molar-refractivity contribution in [2.75, 3.05) is 38.7 Å². The molecule has 12 heteroatoms. The van der Waals surface area contributed by atoms with Gasteiger partial charge in [-0.2, -0.15) is 4.98 Å². The van der Waals surface area contributed by atoms with E-state index in [1.165, 1.54) is 17.8 Å². The molecule has 5 heterocycles. The zero-order chi connectivity index (χ0) is 24.2. The molecule has 2 saturated heterocycles. The zero-order valence-electron chi connectivity index (χ0n) is 18.8. The fourth-order valence-corrected chi connectivity index (χ4v) is 4.66. The van der Waals surface area contributed by atoms with Crippen LogP contribution >= 0.6 is 0 Å². The van der Waals surface area contributed by atoms with Gasteiger partial charge >= 0.3 is 0 Å². The molecule has 1 N–H and O–H groups in total. The van der Waals surface area contributed by atoms with Crippen LogP contribution in [0.25, 0.3) is 27.7 Å². The van der Waals surface area contributed by atoms with Crippen LogP contribution in [0.1, 0.15) is 6.42 Å². The largest absolute Gasteiger partial charge is 0.479 e. The summed E-state index contributed by atoms with van der Waals surface area (Å²) in [5.41, 5.74) is 2.32. The second-order valence-corrected chi connectivity index (χ2v) is 8.76. The molecule has 2 aliphatic rings. The molecule has 0 saturated carbocycles. The predicted octanol–water partition coefficient (Wildman–Crippen LogP) is 3.01. The van der Waals surface area contributed by atoms with Crippen LogP contribution < -0.4 is 10.1 Å². The molecule has 9 nitrogen and oxygen atoms in total. The number of aromatic nitrogens is 5. The fraction of sp³-hybridized carbons (Fsp3) is 0.391. The molecule has 2 fully saturated rings. The highest BCUT2D eigenvalue weighted by atomic mass is 19.3. The van der Waals surface area contributed by atoms with Crippen molar-refractivity contribution in [2.45, 2.75) is 24.4 Å². The quantitative estimate of drug-likeness (QED) is 0.462. The van der Waals surface area contributed by atoms with E-state index in [4.69, 9.17) is 9.47 Å². The molecule has 4 aromatic rings. The van der Waals surface area contributed by atoms with Crippen molar-refractivity contribution in [3.8, 4) is 17.0 Å². The molecule has 6 rings (SSSR count). The Morgan fingerprint density at radius 3 is 2.69 bits per heavy atom. The highest BCUT2D eigenvalue weighted by Gasteiger charge is 2.47. The lowest BCUT2D eigenvalue weighted by molar-refractivity contribution is -0.131. The minimum absolute atomic E-state index is 0.0388. The highest BCUT2D eigenvalue weighted by Crippen LogP contribution is 2.36. The van der Waals surface area contributed by atoms with Gasteiger partial charge in [-0.1, -0.05) is 6.07 Å². The van der Waals surface area contributed by atoms with Gasteiger partial charge in [-0.15, -0.1) is 5.10 Å². The summed E-state index contributed by atoms with van der Waals surface area (Å²) in [5, 5.41) is 7.03. The van der Waals surface area contributed by atoms with Crippen LogP contribution in [0.5, 0.6) is 5.88 Å². The monoisotopic (exact) mass is 485 g/mol. The van der Waals surface area contributed by atoms with E-state index in [1.807, 2.05) is 0 Å². The van der Waals surface area contributed by atoms with Crippen molar-refractivity contribution in [2.24, 2.45) is 0 Å². The molecular formula is C23H22F3N7O2. The molecule has 35 heavy (non-hydrogen) atoms. The number of hydrogen-bond donors (Lipinski definition) is 1. The minimum Gasteiger partial charge on any atom is -0.479 e. The summed E-state index contributed by atoms with van der Waals surface area (Å²) in [6, 6.07) is 4.06. The molecule has 2 aliphatic heterocycles. The normalized spacial score (nSPS) is 20.7. The number of halogens is 3. The highest BCUT2D eigenvalue weighted by molar-refractivity contribution is 5.89. The number of hydrogen-bond acceptors (Lipinski definition) is 8. The Balaban J connectivity index is 1.33. The van der Waals surface area contributed by atoms with Gasteiger partial charge in [-0.3, -0.25) is 14.9 Å². The number of nitrogens with one attached hydrogen (secondary N) is 1. The van der Waals surface area contributed by atoms with Crippen LogP contribution in [-0.4, -0.2) is 80.9 Å². The van der Waals surface area contributed by atoms with Crippen LogP contribution in [0.2, 0.25) is 0 Å². The second kappa shape index (κ2) is 8.31. The summed E-state index contributed by atoms with van der Waals surface area (Å²) < 4.78 is 56.8. The Morgan fingerprint density at radius 2 is 1.97 bits per heavy atom. The van der Waals surface area contributed by atoms with Crippen molar-refractivity contribution < 1.29 is 22.6 Å². The average Bonchev–Trinajstić information content (AvgIpc) is 3.14. The summed E-state index contributed by atoms with van der Waals surface area (Å²) in [6.07, 6.45) is 4.52. The molecule has 182 valence electrons. The van der Waals surface area contributed by atoms with Gasteiger partial charge in [0, 0.05) is 18.9 Å². The SMILES string of the molecule is COc1nc(NC2CCN(C3COC3)CC2(F)F)nn2cc(F)c(-c3ccc4nccnc4c3)c12. The standard InChI is InChI=1S/C23H22F3N7O2/c1-34-21-20-19(13-2-3-16-17(8-13)28-6-5-27-16)15(24)9-33(20)31-22(30-21)29-18-4-7-32(12-23(18,25)26)14-10-35-11-14/h2-3,5-6,8-9,14,18H,4,7,10-12H2,1H3,(H,29,31). The summed E-state index contributed by atoms with van der Waals surface area (Å²) in [6.45, 7) is 1.10. The fourth-order valence-electron chi connectivity index (χ4n) is 4.66. The number of anilines is 1. The van der Waals surface area contributed by atoms with Crippen molar-refractivity contribution >= 4 is 22.5 Å². The third-order valence-electron chi connectivity index (χ3n) is 6.57. The Hall–Kier alpha value is -3.51. The minimum atomic E-state index is -3.00. The smallest absolute Gasteiger partial charge is 0.280 e. The van der Waals surface area contributed by atoms with E-state index in [-0.39, 0.29) is 41.9 Å². The molecule has 3 aromatic heterocycles. The third-order valence-corrected chi connectivity index (χ3v) is 6.57. The van der Waals surface area contributed by atoms with Gasteiger partial charge < -0.3 is 14.8 Å². The van der Waals surface area contributed by atoms with Gasteiger partial charge in [0.25, 0.3) is 5.92 Å². The Morgan fingerprint density at radius 1 is 1.17 bits per heavy atom. The summed E-state index contributed by atoms with van der Waals surface area (Å²) in [4.78, 5) is 14.6.